The van der Waals surface area contributed by atoms with Crippen molar-refractivity contribution in [2.45, 2.75) is 33.2 Å². The summed E-state index contributed by atoms with van der Waals surface area (Å²) in [5.74, 6) is 0. The van der Waals surface area contributed by atoms with E-state index < -0.39 is 0 Å². The van der Waals surface area contributed by atoms with Crippen molar-refractivity contribution in [2.75, 3.05) is 19.6 Å². The third-order valence-corrected chi connectivity index (χ3v) is 3.39. The zero-order valence-corrected chi connectivity index (χ0v) is 9.66. The maximum Gasteiger partial charge on any atom is 0.114 e. The molecule has 80 valence electrons. The number of quaternary nitrogens is 1. The minimum Gasteiger partial charge on any atom is -0.330 e. The van der Waals surface area contributed by atoms with Crippen molar-refractivity contribution in [3.05, 3.63) is 23.9 Å². The molecule has 0 bridgehead atoms. The van der Waals surface area contributed by atoms with Gasteiger partial charge >= 0.3 is 0 Å². The lowest BCUT2D eigenvalue weighted by Crippen LogP contribution is -2.51. The molecule has 2 N–H and O–H groups in total. The number of nitrogens with two attached hydrogens (primary N) is 1. The minimum atomic E-state index is 0.583. The fourth-order valence-corrected chi connectivity index (χ4v) is 2.30. The molecule has 0 spiro atoms. The van der Waals surface area contributed by atoms with Gasteiger partial charge in [0.25, 0.3) is 0 Å². The summed E-state index contributed by atoms with van der Waals surface area (Å²) in [6.07, 6.45) is 8.04. The average Bonchev–Trinajstić information content (AvgIpc) is 2.20. The second-order valence-electron chi connectivity index (χ2n) is 4.11. The molecule has 0 saturated carbocycles. The monoisotopic (exact) mass is 195 g/mol. The highest BCUT2D eigenvalue weighted by Crippen LogP contribution is 2.24. The molecule has 1 unspecified atom stereocenters. The Balaban J connectivity index is 2.88. The quantitative estimate of drug-likeness (QED) is 0.683. The van der Waals surface area contributed by atoms with Crippen LogP contribution in [0.15, 0.2) is 23.9 Å². The van der Waals surface area contributed by atoms with Crippen LogP contribution in [0, 0.1) is 0 Å². The van der Waals surface area contributed by atoms with Gasteiger partial charge in [0.1, 0.15) is 6.04 Å². The second kappa shape index (κ2) is 4.76. The molecule has 14 heavy (non-hydrogen) atoms. The van der Waals surface area contributed by atoms with Crippen LogP contribution in [0.25, 0.3) is 0 Å². The number of allylic oxidation sites excluding steroid dienone is 2. The van der Waals surface area contributed by atoms with Gasteiger partial charge in [-0.25, -0.2) is 0 Å². The van der Waals surface area contributed by atoms with Crippen LogP contribution in [-0.4, -0.2) is 30.2 Å². The molecule has 0 fully saturated rings. The van der Waals surface area contributed by atoms with E-state index in [1.54, 1.807) is 0 Å². The van der Waals surface area contributed by atoms with Gasteiger partial charge in [-0.1, -0.05) is 0 Å². The molecule has 0 aromatic rings. The molecule has 0 amide bonds. The first-order valence-electron chi connectivity index (χ1n) is 5.62. The number of hydrogen-bond donors (Lipinski definition) is 1. The van der Waals surface area contributed by atoms with E-state index in [1.807, 2.05) is 0 Å². The summed E-state index contributed by atoms with van der Waals surface area (Å²) in [5, 5.41) is 0. The highest BCUT2D eigenvalue weighted by Gasteiger charge is 2.31. The summed E-state index contributed by atoms with van der Waals surface area (Å²) >= 11 is 0. The van der Waals surface area contributed by atoms with Crippen LogP contribution in [0.1, 0.15) is 27.2 Å². The molecule has 0 aliphatic carbocycles. The standard InChI is InChI=1S/C12H23N2/c1-4-14(5-2)9-7-11(3)10-12(14)6-8-13/h7,9-10,12H,4-6,8,13H2,1-3H3/q+1. The van der Waals surface area contributed by atoms with Gasteiger partial charge in [0.05, 0.1) is 19.3 Å². The topological polar surface area (TPSA) is 26.0 Å². The molecule has 1 aliphatic rings. The van der Waals surface area contributed by atoms with Crippen molar-refractivity contribution < 1.29 is 4.48 Å². The zero-order valence-electron chi connectivity index (χ0n) is 9.66. The number of rotatable bonds is 4. The van der Waals surface area contributed by atoms with E-state index in [0.717, 1.165) is 30.5 Å². The van der Waals surface area contributed by atoms with Crippen molar-refractivity contribution in [1.29, 1.82) is 0 Å². The molecule has 0 radical (unpaired) electrons. The molecule has 1 aliphatic heterocycles. The summed E-state index contributed by atoms with van der Waals surface area (Å²) in [6, 6.07) is 0.583. The third-order valence-electron chi connectivity index (χ3n) is 3.39. The molecule has 0 aromatic carbocycles. The van der Waals surface area contributed by atoms with Gasteiger partial charge in [-0.2, -0.15) is 0 Å². The van der Waals surface area contributed by atoms with Crippen molar-refractivity contribution in [1.82, 2.24) is 0 Å². The Morgan fingerprint density at radius 3 is 2.50 bits per heavy atom. The van der Waals surface area contributed by atoms with E-state index in [-0.39, 0.29) is 0 Å². The lowest BCUT2D eigenvalue weighted by atomic mass is 10.0. The zero-order chi connectivity index (χ0) is 10.6. The van der Waals surface area contributed by atoms with Crippen LogP contribution in [0.2, 0.25) is 0 Å². The van der Waals surface area contributed by atoms with E-state index in [1.165, 1.54) is 5.57 Å². The fraction of sp³-hybridized carbons (Fsp3) is 0.667. The van der Waals surface area contributed by atoms with Crippen molar-refractivity contribution in [3.63, 3.8) is 0 Å². The van der Waals surface area contributed by atoms with Crippen LogP contribution in [-0.2, 0) is 0 Å². The Hall–Kier alpha value is -0.600. The van der Waals surface area contributed by atoms with Gasteiger partial charge in [0, 0.05) is 6.42 Å². The lowest BCUT2D eigenvalue weighted by Gasteiger charge is -2.41. The summed E-state index contributed by atoms with van der Waals surface area (Å²) in [6.45, 7) is 9.77. The molecular weight excluding hydrogens is 172 g/mol. The highest BCUT2D eigenvalue weighted by atomic mass is 15.4. The van der Waals surface area contributed by atoms with Gasteiger partial charge in [-0.15, -0.1) is 0 Å². The fourth-order valence-electron chi connectivity index (χ4n) is 2.30. The van der Waals surface area contributed by atoms with E-state index >= 15 is 0 Å². The lowest BCUT2D eigenvalue weighted by molar-refractivity contribution is -0.895. The van der Waals surface area contributed by atoms with Crippen molar-refractivity contribution in [3.8, 4) is 0 Å². The first kappa shape index (κ1) is 11.5. The summed E-state index contributed by atoms with van der Waals surface area (Å²) < 4.78 is 1.06. The van der Waals surface area contributed by atoms with E-state index in [2.05, 4.69) is 39.1 Å². The van der Waals surface area contributed by atoms with Gasteiger partial charge in [0.2, 0.25) is 0 Å². The summed E-state index contributed by atoms with van der Waals surface area (Å²) in [7, 11) is 0. The normalized spacial score (nSPS) is 24.9. The smallest absolute Gasteiger partial charge is 0.114 e. The van der Waals surface area contributed by atoms with E-state index in [9.17, 15) is 0 Å². The van der Waals surface area contributed by atoms with E-state index in [4.69, 9.17) is 5.73 Å². The van der Waals surface area contributed by atoms with Crippen molar-refractivity contribution >= 4 is 0 Å². The predicted molar refractivity (Wildman–Crippen MR) is 61.7 cm³/mol. The molecular formula is C12H23N2+. The maximum atomic E-state index is 5.67. The van der Waals surface area contributed by atoms with Gasteiger partial charge in [-0.05, 0) is 45.0 Å². The molecule has 1 atom stereocenters. The van der Waals surface area contributed by atoms with Crippen molar-refractivity contribution in [2.24, 2.45) is 5.73 Å². The van der Waals surface area contributed by atoms with Gasteiger partial charge in [0.15, 0.2) is 0 Å². The molecule has 0 aromatic heterocycles. The second-order valence-corrected chi connectivity index (χ2v) is 4.11. The van der Waals surface area contributed by atoms with Crippen LogP contribution in [0.4, 0.5) is 0 Å². The molecule has 1 rings (SSSR count). The Bertz CT molecular complexity index is 237. The Morgan fingerprint density at radius 1 is 1.36 bits per heavy atom. The predicted octanol–water partition coefficient (Wildman–Crippen LogP) is 2.03. The van der Waals surface area contributed by atoms with Crippen LogP contribution in [0.3, 0.4) is 0 Å². The molecule has 2 nitrogen and oxygen atoms in total. The summed E-state index contributed by atoms with van der Waals surface area (Å²) in [5.41, 5.74) is 7.05. The number of nitrogens with zero attached hydrogens (tertiary/aromatic N) is 1. The first-order chi connectivity index (χ1) is 6.68. The highest BCUT2D eigenvalue weighted by molar-refractivity contribution is 5.19. The minimum absolute atomic E-state index is 0.583. The molecule has 0 saturated heterocycles. The first-order valence-corrected chi connectivity index (χ1v) is 5.62. The van der Waals surface area contributed by atoms with Crippen LogP contribution in [0.5, 0.6) is 0 Å². The maximum absolute atomic E-state index is 5.67. The number of likely N-dealkylation sites (N-methyl/N-ethyl adjacent to an activating group) is 1. The van der Waals surface area contributed by atoms with Crippen LogP contribution >= 0.6 is 0 Å². The van der Waals surface area contributed by atoms with Crippen LogP contribution < -0.4 is 5.73 Å². The SMILES string of the molecule is CC[N+]1(CC)C=CC(C)=CC1CCN. The largest absolute Gasteiger partial charge is 0.330 e. The summed E-state index contributed by atoms with van der Waals surface area (Å²) in [4.78, 5) is 0. The molecule has 2 heteroatoms. The third kappa shape index (κ3) is 2.07. The van der Waals surface area contributed by atoms with Gasteiger partial charge in [-0.3, -0.25) is 4.48 Å². The van der Waals surface area contributed by atoms with Gasteiger partial charge < -0.3 is 5.73 Å². The molecule has 1 heterocycles. The Morgan fingerprint density at radius 2 is 2.00 bits per heavy atom. The Labute approximate surface area is 87.7 Å². The Kier molecular flexibility index (Phi) is 3.90. The number of hydrogen-bond acceptors (Lipinski definition) is 1. The average molecular weight is 195 g/mol. The van der Waals surface area contributed by atoms with E-state index in [0.29, 0.717) is 6.04 Å².